The number of carboxylic acids is 4. The third-order valence-electron chi connectivity index (χ3n) is 4.32. The molecule has 0 bridgehead atoms. The SMILES string of the molecule is CC.CC.CNCCCCC(NC(=O)CCC(NC(=O)NC(CCC(=O)O)C(=O)O)C(=O)O)C(=O)O. The molecule has 8 N–H and O–H groups in total. The number of amides is 3. The Balaban J connectivity index is -0.00000258. The molecule has 0 aliphatic rings. The lowest BCUT2D eigenvalue weighted by molar-refractivity contribution is -0.142. The fourth-order valence-corrected chi connectivity index (χ4v) is 2.59. The van der Waals surface area contributed by atoms with Crippen molar-refractivity contribution in [3.63, 3.8) is 0 Å². The second-order valence-corrected chi connectivity index (χ2v) is 6.93. The number of rotatable bonds is 17. The van der Waals surface area contributed by atoms with E-state index in [0.717, 1.165) is 0 Å². The number of nitrogens with one attached hydrogen (secondary N) is 4. The van der Waals surface area contributed by atoms with Gasteiger partial charge in [-0.1, -0.05) is 27.7 Å². The van der Waals surface area contributed by atoms with Crippen LogP contribution in [0.25, 0.3) is 0 Å². The highest BCUT2D eigenvalue weighted by Gasteiger charge is 2.26. The molecule has 0 saturated carbocycles. The molecule has 0 aromatic heterocycles. The second-order valence-electron chi connectivity index (χ2n) is 6.93. The Bertz CT molecular complexity index is 688. The monoisotopic (exact) mass is 522 g/mol. The van der Waals surface area contributed by atoms with Gasteiger partial charge in [0.15, 0.2) is 0 Å². The summed E-state index contributed by atoms with van der Waals surface area (Å²) in [5, 5.41) is 45.2. The maximum absolute atomic E-state index is 12.0. The first-order valence-corrected chi connectivity index (χ1v) is 11.9. The number of aliphatic carboxylic acids is 4. The van der Waals surface area contributed by atoms with Crippen molar-refractivity contribution in [2.75, 3.05) is 13.6 Å². The molecule has 0 spiro atoms. The van der Waals surface area contributed by atoms with Gasteiger partial charge in [0.1, 0.15) is 18.1 Å². The predicted octanol–water partition coefficient (Wildman–Crippen LogP) is 0.849. The maximum atomic E-state index is 12.0. The summed E-state index contributed by atoms with van der Waals surface area (Å²) in [5.41, 5.74) is 0. The third kappa shape index (κ3) is 20.0. The van der Waals surface area contributed by atoms with Gasteiger partial charge in [-0.05, 0) is 45.7 Å². The van der Waals surface area contributed by atoms with Crippen LogP contribution in [0.5, 0.6) is 0 Å². The summed E-state index contributed by atoms with van der Waals surface area (Å²) in [6, 6.07) is -5.41. The van der Waals surface area contributed by atoms with E-state index in [0.29, 0.717) is 19.4 Å². The molecule has 3 atom stereocenters. The molecule has 14 nitrogen and oxygen atoms in total. The van der Waals surface area contributed by atoms with Crippen LogP contribution in [0.3, 0.4) is 0 Å². The highest BCUT2D eigenvalue weighted by atomic mass is 16.4. The topological polar surface area (TPSA) is 231 Å². The lowest BCUT2D eigenvalue weighted by Crippen LogP contribution is -2.51. The van der Waals surface area contributed by atoms with E-state index in [4.69, 9.17) is 10.2 Å². The summed E-state index contributed by atoms with van der Waals surface area (Å²) >= 11 is 0. The number of unbranched alkanes of at least 4 members (excludes halogenated alkanes) is 1. The fourth-order valence-electron chi connectivity index (χ4n) is 2.59. The Morgan fingerprint density at radius 3 is 1.42 bits per heavy atom. The largest absolute Gasteiger partial charge is 0.481 e. The Morgan fingerprint density at radius 2 is 1.03 bits per heavy atom. The number of carbonyl (C=O) groups is 6. The van der Waals surface area contributed by atoms with Crippen molar-refractivity contribution < 1.29 is 49.2 Å². The summed E-state index contributed by atoms with van der Waals surface area (Å²) < 4.78 is 0. The lowest BCUT2D eigenvalue weighted by Gasteiger charge is -2.19. The van der Waals surface area contributed by atoms with Gasteiger partial charge in [0, 0.05) is 12.8 Å². The van der Waals surface area contributed by atoms with Gasteiger partial charge in [0.25, 0.3) is 0 Å². The minimum absolute atomic E-state index is 0.193. The van der Waals surface area contributed by atoms with Crippen molar-refractivity contribution in [3.8, 4) is 0 Å². The van der Waals surface area contributed by atoms with E-state index in [2.05, 4.69) is 10.6 Å². The quantitative estimate of drug-likeness (QED) is 0.125. The van der Waals surface area contributed by atoms with Crippen LogP contribution in [-0.2, 0) is 24.0 Å². The normalized spacial score (nSPS) is 12.1. The summed E-state index contributed by atoms with van der Waals surface area (Å²) in [6.07, 6.45) is -0.280. The average Bonchev–Trinajstić information content (AvgIpc) is 2.83. The number of carbonyl (C=O) groups excluding carboxylic acids is 2. The molecule has 0 rings (SSSR count). The van der Waals surface area contributed by atoms with Crippen LogP contribution in [0.2, 0.25) is 0 Å². The van der Waals surface area contributed by atoms with Gasteiger partial charge in [0.05, 0.1) is 0 Å². The molecule has 0 heterocycles. The minimum atomic E-state index is -1.56. The molecule has 0 aromatic rings. The van der Waals surface area contributed by atoms with Gasteiger partial charge >= 0.3 is 29.9 Å². The molecule has 0 radical (unpaired) electrons. The van der Waals surface area contributed by atoms with E-state index in [1.165, 1.54) is 0 Å². The van der Waals surface area contributed by atoms with E-state index < -0.39 is 73.2 Å². The first-order chi connectivity index (χ1) is 17.0. The van der Waals surface area contributed by atoms with Gasteiger partial charge in [0.2, 0.25) is 5.91 Å². The molecular formula is C22H42N4O10. The molecule has 3 unspecified atom stereocenters. The van der Waals surface area contributed by atoms with Crippen LogP contribution in [-0.4, -0.2) is 88.0 Å². The van der Waals surface area contributed by atoms with E-state index >= 15 is 0 Å². The molecule has 36 heavy (non-hydrogen) atoms. The van der Waals surface area contributed by atoms with Crippen molar-refractivity contribution in [1.29, 1.82) is 0 Å². The summed E-state index contributed by atoms with van der Waals surface area (Å²) in [7, 11) is 1.75. The zero-order valence-corrected chi connectivity index (χ0v) is 21.6. The van der Waals surface area contributed by atoms with Gasteiger partial charge in [-0.15, -0.1) is 0 Å². The first kappa shape index (κ1) is 37.1. The van der Waals surface area contributed by atoms with Gasteiger partial charge in [-0.25, -0.2) is 19.2 Å². The summed E-state index contributed by atoms with van der Waals surface area (Å²) in [4.78, 5) is 68.2. The molecule has 0 aromatic carbocycles. The average molecular weight is 523 g/mol. The van der Waals surface area contributed by atoms with Gasteiger partial charge < -0.3 is 41.7 Å². The lowest BCUT2D eigenvalue weighted by atomic mass is 10.1. The van der Waals surface area contributed by atoms with Crippen molar-refractivity contribution >= 4 is 35.8 Å². The minimum Gasteiger partial charge on any atom is -0.481 e. The van der Waals surface area contributed by atoms with Crippen molar-refractivity contribution in [2.24, 2.45) is 0 Å². The zero-order valence-electron chi connectivity index (χ0n) is 21.6. The summed E-state index contributed by atoms with van der Waals surface area (Å²) in [6.45, 7) is 8.69. The van der Waals surface area contributed by atoms with Crippen LogP contribution in [0.15, 0.2) is 0 Å². The fraction of sp³-hybridized carbons (Fsp3) is 0.727. The molecule has 3 amide bonds. The van der Waals surface area contributed by atoms with Crippen molar-refractivity contribution in [1.82, 2.24) is 21.3 Å². The molecule has 0 fully saturated rings. The number of hydrogen-bond acceptors (Lipinski definition) is 7. The smallest absolute Gasteiger partial charge is 0.326 e. The second kappa shape index (κ2) is 23.3. The molecular weight excluding hydrogens is 480 g/mol. The van der Waals surface area contributed by atoms with Gasteiger partial charge in [-0.2, -0.15) is 0 Å². The zero-order chi connectivity index (χ0) is 28.7. The molecule has 0 saturated heterocycles. The van der Waals surface area contributed by atoms with Gasteiger partial charge in [-0.3, -0.25) is 9.59 Å². The van der Waals surface area contributed by atoms with Crippen LogP contribution in [0, 0.1) is 0 Å². The van der Waals surface area contributed by atoms with Crippen molar-refractivity contribution in [2.45, 2.75) is 90.8 Å². The van der Waals surface area contributed by atoms with Crippen LogP contribution >= 0.6 is 0 Å². The molecule has 0 aliphatic heterocycles. The van der Waals surface area contributed by atoms with Crippen LogP contribution in [0.1, 0.15) is 72.6 Å². The van der Waals surface area contributed by atoms with Crippen molar-refractivity contribution in [3.05, 3.63) is 0 Å². The maximum Gasteiger partial charge on any atom is 0.326 e. The van der Waals surface area contributed by atoms with E-state index in [9.17, 15) is 39.0 Å². The van der Waals surface area contributed by atoms with Crippen LogP contribution in [0.4, 0.5) is 4.79 Å². The van der Waals surface area contributed by atoms with E-state index in [1.807, 2.05) is 38.3 Å². The standard InChI is InChI=1S/C18H30N4O10.2C2H6/c1-19-9-3-2-4-10(15(26)27)20-13(23)7-5-11(16(28)29)21-18(32)22-12(17(30)31)6-8-14(24)25;2*1-2/h10-12,19H,2-9H2,1H3,(H,20,23)(H,24,25)(H,26,27)(H,28,29)(H,30,31)(H2,21,22,32);2*1-2H3. The Hall–Kier alpha value is -3.42. The van der Waals surface area contributed by atoms with E-state index in [1.54, 1.807) is 7.05 Å². The first-order valence-electron chi connectivity index (χ1n) is 11.9. The molecule has 14 heteroatoms. The highest BCUT2D eigenvalue weighted by molar-refractivity contribution is 5.87. The predicted molar refractivity (Wildman–Crippen MR) is 131 cm³/mol. The highest BCUT2D eigenvalue weighted by Crippen LogP contribution is 2.04. The molecule has 210 valence electrons. The third-order valence-corrected chi connectivity index (χ3v) is 4.32. The Kier molecular flexibility index (Phi) is 24.1. The number of carboxylic acid groups (broad SMARTS) is 4. The number of urea groups is 1. The van der Waals surface area contributed by atoms with Crippen LogP contribution < -0.4 is 21.3 Å². The Labute approximate surface area is 211 Å². The molecule has 0 aliphatic carbocycles. The van der Waals surface area contributed by atoms with E-state index in [-0.39, 0.29) is 12.8 Å². The number of hydrogen-bond donors (Lipinski definition) is 8. The summed E-state index contributed by atoms with van der Waals surface area (Å²) in [5.74, 6) is -6.20. The Morgan fingerprint density at radius 1 is 0.611 bits per heavy atom.